The zero-order valence-corrected chi connectivity index (χ0v) is 25.9. The highest BCUT2D eigenvalue weighted by Gasteiger charge is 2.41. The minimum Gasteiger partial charge on any atom is -0.485 e. The number of ether oxygens (including phenoxy) is 3. The minimum absolute atomic E-state index is 0.101. The van der Waals surface area contributed by atoms with E-state index >= 15 is 0 Å². The predicted octanol–water partition coefficient (Wildman–Crippen LogP) is 4.52. The number of esters is 2. The van der Waals surface area contributed by atoms with Crippen LogP contribution in [0.1, 0.15) is 63.2 Å². The zero-order valence-electron chi connectivity index (χ0n) is 24.2. The average molecular weight is 622 g/mol. The number of benzene rings is 1. The van der Waals surface area contributed by atoms with Gasteiger partial charge in [-0.3, -0.25) is 24.5 Å². The summed E-state index contributed by atoms with van der Waals surface area (Å²) in [5, 5.41) is 16.3. The van der Waals surface area contributed by atoms with E-state index in [0.717, 1.165) is 11.3 Å². The molecular formula is C28H35N3O9S2. The van der Waals surface area contributed by atoms with Crippen LogP contribution in [0.15, 0.2) is 30.3 Å². The Kier molecular flexibility index (Phi) is 10.4. The van der Waals surface area contributed by atoms with Crippen LogP contribution < -0.4 is 15.4 Å². The lowest BCUT2D eigenvalue weighted by Crippen LogP contribution is -2.35. The van der Waals surface area contributed by atoms with Gasteiger partial charge in [0, 0.05) is 24.7 Å². The molecule has 1 aromatic heterocycles. The maximum absolute atomic E-state index is 13.2. The first-order chi connectivity index (χ1) is 19.4. The summed E-state index contributed by atoms with van der Waals surface area (Å²) in [6.07, 6.45) is 0.148. The smallest absolute Gasteiger partial charge is 0.349 e. The van der Waals surface area contributed by atoms with Crippen LogP contribution in [0.4, 0.5) is 10.7 Å². The SMILES string of the molecule is CC(C)(C)OC(=O)c1cc(OC(C)(C)C)c(NC(=O)C2C[C@@H]([C@H](C(=O)S)C(=O)OCc3ccc([N+](=O)[O-])cc3)CN2)s1. The van der Waals surface area contributed by atoms with Crippen molar-refractivity contribution < 1.29 is 38.3 Å². The quantitative estimate of drug-likeness (QED) is 0.113. The van der Waals surface area contributed by atoms with Gasteiger partial charge in [-0.25, -0.2) is 4.79 Å². The average Bonchev–Trinajstić information content (AvgIpc) is 3.48. The molecule has 14 heteroatoms. The molecule has 1 saturated heterocycles. The summed E-state index contributed by atoms with van der Waals surface area (Å²) >= 11 is 4.91. The minimum atomic E-state index is -1.23. The number of carbonyl (C=O) groups is 4. The summed E-state index contributed by atoms with van der Waals surface area (Å²) in [5.74, 6) is -3.26. The summed E-state index contributed by atoms with van der Waals surface area (Å²) in [5.41, 5.74) is -0.911. The highest BCUT2D eigenvalue weighted by molar-refractivity contribution is 7.96. The number of nitro groups is 1. The molecule has 1 aromatic carbocycles. The first-order valence-corrected chi connectivity index (χ1v) is 14.4. The largest absolute Gasteiger partial charge is 0.485 e. The van der Waals surface area contributed by atoms with Crippen LogP contribution in [0.2, 0.25) is 0 Å². The van der Waals surface area contributed by atoms with Crippen molar-refractivity contribution in [2.24, 2.45) is 11.8 Å². The summed E-state index contributed by atoms with van der Waals surface area (Å²) in [7, 11) is 0. The van der Waals surface area contributed by atoms with Crippen LogP contribution >= 0.6 is 24.0 Å². The van der Waals surface area contributed by atoms with E-state index in [1.165, 1.54) is 30.3 Å². The fourth-order valence-electron chi connectivity index (χ4n) is 4.16. The molecule has 42 heavy (non-hydrogen) atoms. The highest BCUT2D eigenvalue weighted by Crippen LogP contribution is 2.38. The van der Waals surface area contributed by atoms with Gasteiger partial charge in [-0.1, -0.05) is 0 Å². The number of nitro benzene ring substituents is 1. The molecule has 1 amide bonds. The number of hydrogen-bond donors (Lipinski definition) is 3. The zero-order chi connectivity index (χ0) is 31.4. The van der Waals surface area contributed by atoms with E-state index in [9.17, 15) is 29.3 Å². The van der Waals surface area contributed by atoms with Gasteiger partial charge in [-0.15, -0.1) is 24.0 Å². The van der Waals surface area contributed by atoms with Crippen molar-refractivity contribution in [2.75, 3.05) is 11.9 Å². The molecular weight excluding hydrogens is 586 g/mol. The number of thiol groups is 1. The van der Waals surface area contributed by atoms with E-state index in [1.807, 2.05) is 20.8 Å². The van der Waals surface area contributed by atoms with E-state index in [-0.39, 0.29) is 30.1 Å². The number of nitrogens with one attached hydrogen (secondary N) is 2. The molecule has 2 aromatic rings. The molecule has 1 unspecified atom stereocenters. The second kappa shape index (κ2) is 13.2. The summed E-state index contributed by atoms with van der Waals surface area (Å²) < 4.78 is 16.7. The molecule has 0 spiro atoms. The fourth-order valence-corrected chi connectivity index (χ4v) is 5.34. The molecule has 1 fully saturated rings. The first kappa shape index (κ1) is 33.0. The molecule has 3 rings (SSSR count). The number of non-ortho nitro benzene ring substituents is 1. The maximum Gasteiger partial charge on any atom is 0.349 e. The second-order valence-electron chi connectivity index (χ2n) is 11.8. The van der Waals surface area contributed by atoms with E-state index in [4.69, 9.17) is 14.2 Å². The van der Waals surface area contributed by atoms with Crippen molar-refractivity contribution in [3.05, 3.63) is 50.9 Å². The van der Waals surface area contributed by atoms with Gasteiger partial charge in [0.15, 0.2) is 10.9 Å². The van der Waals surface area contributed by atoms with Crippen molar-refractivity contribution in [3.63, 3.8) is 0 Å². The lowest BCUT2D eigenvalue weighted by molar-refractivity contribution is -0.384. The number of anilines is 1. The van der Waals surface area contributed by atoms with Crippen LogP contribution in [0, 0.1) is 22.0 Å². The van der Waals surface area contributed by atoms with Gasteiger partial charge >= 0.3 is 11.9 Å². The van der Waals surface area contributed by atoms with E-state index in [1.54, 1.807) is 20.8 Å². The topological polar surface area (TPSA) is 163 Å². The molecule has 0 radical (unpaired) electrons. The standard InChI is InChI=1S/C28H35N3O9S2/c1-27(2,3)39-19-12-20(24(33)40-28(4,5)6)42-23(19)30-22(32)18-11-16(13-29-18)21(26(35)41)25(34)38-14-15-7-9-17(10-8-15)31(36)37/h7-10,12,16,18,21,29H,11,13-14H2,1-6H3,(H,30,32)(H,35,41)/t16-,18?,21+/m1/s1. The third-order valence-corrected chi connectivity index (χ3v) is 7.24. The van der Waals surface area contributed by atoms with Crippen molar-refractivity contribution in [1.82, 2.24) is 5.32 Å². The van der Waals surface area contributed by atoms with Crippen LogP contribution in [-0.4, -0.2) is 51.7 Å². The Hall–Kier alpha value is -3.49. The van der Waals surface area contributed by atoms with Crippen molar-refractivity contribution >= 4 is 57.6 Å². The Bertz CT molecular complexity index is 1340. The fraction of sp³-hybridized carbons (Fsp3) is 0.500. The number of amides is 1. The number of nitrogens with zero attached hydrogens (tertiary/aromatic N) is 1. The van der Waals surface area contributed by atoms with Gasteiger partial charge < -0.3 is 24.8 Å². The predicted molar refractivity (Wildman–Crippen MR) is 159 cm³/mol. The van der Waals surface area contributed by atoms with Gasteiger partial charge in [-0.2, -0.15) is 0 Å². The first-order valence-electron chi connectivity index (χ1n) is 13.2. The summed E-state index contributed by atoms with van der Waals surface area (Å²) in [6.45, 7) is 10.8. The van der Waals surface area contributed by atoms with Gasteiger partial charge in [-0.05, 0) is 71.6 Å². The number of rotatable bonds is 10. The molecule has 3 atom stereocenters. The van der Waals surface area contributed by atoms with Crippen LogP contribution in [0.5, 0.6) is 5.75 Å². The van der Waals surface area contributed by atoms with E-state index in [0.29, 0.717) is 16.3 Å². The lowest BCUT2D eigenvalue weighted by Gasteiger charge is -2.22. The molecule has 0 aliphatic carbocycles. The Balaban J connectivity index is 1.67. The van der Waals surface area contributed by atoms with E-state index < -0.39 is 57.0 Å². The molecule has 2 heterocycles. The molecule has 12 nitrogen and oxygen atoms in total. The maximum atomic E-state index is 13.2. The molecule has 228 valence electrons. The van der Waals surface area contributed by atoms with Crippen molar-refractivity contribution in [3.8, 4) is 5.75 Å². The second-order valence-corrected chi connectivity index (χ2v) is 13.3. The molecule has 0 saturated carbocycles. The van der Waals surface area contributed by atoms with Crippen molar-refractivity contribution in [2.45, 2.75) is 71.8 Å². The van der Waals surface area contributed by atoms with Crippen LogP contribution in [0.25, 0.3) is 0 Å². The number of carbonyl (C=O) groups excluding carboxylic acids is 4. The van der Waals surface area contributed by atoms with E-state index in [2.05, 4.69) is 23.3 Å². The summed E-state index contributed by atoms with van der Waals surface area (Å²) in [6, 6.07) is 6.27. The van der Waals surface area contributed by atoms with Gasteiger partial charge in [0.05, 0.1) is 11.0 Å². The Morgan fingerprint density at radius 2 is 1.76 bits per heavy atom. The molecule has 1 aliphatic heterocycles. The number of thiophene rings is 1. The highest BCUT2D eigenvalue weighted by atomic mass is 32.1. The third kappa shape index (κ3) is 9.26. The van der Waals surface area contributed by atoms with Crippen LogP contribution in [0.3, 0.4) is 0 Å². The third-order valence-electron chi connectivity index (χ3n) is 5.95. The normalized spacial score (nSPS) is 17.7. The Morgan fingerprint density at radius 1 is 1.12 bits per heavy atom. The van der Waals surface area contributed by atoms with Crippen molar-refractivity contribution in [1.29, 1.82) is 0 Å². The van der Waals surface area contributed by atoms with Gasteiger partial charge in [0.2, 0.25) is 5.91 Å². The molecule has 2 N–H and O–H groups in total. The number of hydrogen-bond acceptors (Lipinski definition) is 11. The molecule has 1 aliphatic rings. The molecule has 0 bridgehead atoms. The Morgan fingerprint density at radius 3 is 2.31 bits per heavy atom. The van der Waals surface area contributed by atoms with Gasteiger partial charge in [0.25, 0.3) is 5.69 Å². The van der Waals surface area contributed by atoms with Crippen LogP contribution in [-0.2, 0) is 30.5 Å². The van der Waals surface area contributed by atoms with Gasteiger partial charge in [0.1, 0.15) is 33.6 Å². The Labute approximate surface area is 253 Å². The summed E-state index contributed by atoms with van der Waals surface area (Å²) in [4.78, 5) is 61.6. The monoisotopic (exact) mass is 621 g/mol. The lowest BCUT2D eigenvalue weighted by atomic mass is 9.90.